The number of nitrogens with zero attached hydrogens (tertiary/aromatic N) is 2. The molecule has 1 atom stereocenters. The molecule has 0 amide bonds. The summed E-state index contributed by atoms with van der Waals surface area (Å²) in [5.41, 5.74) is 0.503. The highest BCUT2D eigenvalue weighted by Crippen LogP contribution is 2.27. The van der Waals surface area contributed by atoms with E-state index in [1.807, 2.05) is 0 Å². The van der Waals surface area contributed by atoms with Crippen LogP contribution in [-0.2, 0) is 4.74 Å². The van der Waals surface area contributed by atoms with E-state index in [-0.39, 0.29) is 0 Å². The van der Waals surface area contributed by atoms with Crippen LogP contribution in [0.3, 0.4) is 0 Å². The molecule has 1 unspecified atom stereocenters. The van der Waals surface area contributed by atoms with E-state index in [0.29, 0.717) is 11.5 Å². The summed E-state index contributed by atoms with van der Waals surface area (Å²) in [6, 6.07) is 0. The molecule has 0 radical (unpaired) electrons. The molecule has 0 bridgehead atoms. The van der Waals surface area contributed by atoms with Crippen LogP contribution in [0.1, 0.15) is 39.0 Å². The smallest absolute Gasteiger partial charge is 0.0600 e. The van der Waals surface area contributed by atoms with E-state index < -0.39 is 0 Å². The van der Waals surface area contributed by atoms with Gasteiger partial charge in [0, 0.05) is 32.7 Å². The molecule has 3 aliphatic heterocycles. The Labute approximate surface area is 130 Å². The standard InChI is InChI=1S/C17H33N3O/c1-17(6-7-18-14-17)15-20-10-4-16(5-11-20)21-13-12-19-8-2-3-9-19/h16,18H,2-15H2,1H3. The van der Waals surface area contributed by atoms with Crippen molar-refractivity contribution in [3.63, 3.8) is 0 Å². The summed E-state index contributed by atoms with van der Waals surface area (Å²) in [4.78, 5) is 5.20. The van der Waals surface area contributed by atoms with Crippen molar-refractivity contribution in [1.82, 2.24) is 15.1 Å². The van der Waals surface area contributed by atoms with Crippen molar-refractivity contribution in [2.75, 3.05) is 59.0 Å². The van der Waals surface area contributed by atoms with Gasteiger partial charge in [-0.1, -0.05) is 6.92 Å². The van der Waals surface area contributed by atoms with Gasteiger partial charge in [-0.05, 0) is 57.2 Å². The van der Waals surface area contributed by atoms with Crippen molar-refractivity contribution in [3.05, 3.63) is 0 Å². The summed E-state index contributed by atoms with van der Waals surface area (Å²) in [5, 5.41) is 3.51. The molecule has 122 valence electrons. The van der Waals surface area contributed by atoms with Crippen LogP contribution in [0.25, 0.3) is 0 Å². The van der Waals surface area contributed by atoms with Crippen molar-refractivity contribution in [3.8, 4) is 0 Å². The Kier molecular flexibility index (Phi) is 5.54. The Morgan fingerprint density at radius 1 is 1.10 bits per heavy atom. The van der Waals surface area contributed by atoms with Crippen LogP contribution in [0.5, 0.6) is 0 Å². The molecule has 0 aromatic heterocycles. The van der Waals surface area contributed by atoms with Crippen LogP contribution in [0.15, 0.2) is 0 Å². The fraction of sp³-hybridized carbons (Fsp3) is 1.00. The first-order valence-electron chi connectivity index (χ1n) is 9.01. The van der Waals surface area contributed by atoms with Crippen LogP contribution in [0.4, 0.5) is 0 Å². The van der Waals surface area contributed by atoms with E-state index >= 15 is 0 Å². The monoisotopic (exact) mass is 295 g/mol. The Morgan fingerprint density at radius 2 is 1.86 bits per heavy atom. The number of piperidine rings is 1. The van der Waals surface area contributed by atoms with Crippen molar-refractivity contribution in [2.24, 2.45) is 5.41 Å². The highest BCUT2D eigenvalue weighted by atomic mass is 16.5. The molecule has 3 aliphatic rings. The van der Waals surface area contributed by atoms with Gasteiger partial charge in [-0.2, -0.15) is 0 Å². The zero-order chi connectivity index (χ0) is 14.5. The molecule has 3 rings (SSSR count). The van der Waals surface area contributed by atoms with Gasteiger partial charge in [0.05, 0.1) is 12.7 Å². The lowest BCUT2D eigenvalue weighted by Gasteiger charge is -2.37. The van der Waals surface area contributed by atoms with Crippen LogP contribution >= 0.6 is 0 Å². The third-order valence-electron chi connectivity index (χ3n) is 5.56. The zero-order valence-corrected chi connectivity index (χ0v) is 13.8. The summed E-state index contributed by atoms with van der Waals surface area (Å²) in [5.74, 6) is 0. The summed E-state index contributed by atoms with van der Waals surface area (Å²) < 4.78 is 6.11. The first-order valence-corrected chi connectivity index (χ1v) is 9.01. The molecule has 0 aromatic carbocycles. The van der Waals surface area contributed by atoms with E-state index in [1.54, 1.807) is 0 Å². The molecule has 21 heavy (non-hydrogen) atoms. The lowest BCUT2D eigenvalue weighted by molar-refractivity contribution is -0.00574. The quantitative estimate of drug-likeness (QED) is 0.805. The van der Waals surface area contributed by atoms with Crippen LogP contribution in [0, 0.1) is 5.41 Å². The first kappa shape index (κ1) is 15.7. The molecule has 0 aliphatic carbocycles. The molecule has 3 saturated heterocycles. The van der Waals surface area contributed by atoms with Gasteiger partial charge in [-0.15, -0.1) is 0 Å². The van der Waals surface area contributed by atoms with Gasteiger partial charge < -0.3 is 19.9 Å². The average molecular weight is 295 g/mol. The maximum absolute atomic E-state index is 6.11. The number of hydrogen-bond donors (Lipinski definition) is 1. The predicted octanol–water partition coefficient (Wildman–Crippen LogP) is 1.56. The summed E-state index contributed by atoms with van der Waals surface area (Å²) in [7, 11) is 0. The van der Waals surface area contributed by atoms with Crippen LogP contribution in [-0.4, -0.2) is 74.9 Å². The van der Waals surface area contributed by atoms with E-state index in [2.05, 4.69) is 22.0 Å². The summed E-state index contributed by atoms with van der Waals surface area (Å²) in [6.45, 7) is 13.2. The van der Waals surface area contributed by atoms with Crippen molar-refractivity contribution >= 4 is 0 Å². The van der Waals surface area contributed by atoms with E-state index in [1.165, 1.54) is 77.9 Å². The topological polar surface area (TPSA) is 27.7 Å². The summed E-state index contributed by atoms with van der Waals surface area (Å²) >= 11 is 0. The van der Waals surface area contributed by atoms with E-state index in [0.717, 1.165) is 13.2 Å². The lowest BCUT2D eigenvalue weighted by Crippen LogP contribution is -2.43. The average Bonchev–Trinajstić information content (AvgIpc) is 3.13. The van der Waals surface area contributed by atoms with Crippen molar-refractivity contribution < 1.29 is 4.74 Å². The Morgan fingerprint density at radius 3 is 2.52 bits per heavy atom. The fourth-order valence-corrected chi connectivity index (χ4v) is 4.13. The second-order valence-corrected chi connectivity index (χ2v) is 7.63. The molecular formula is C17H33N3O. The van der Waals surface area contributed by atoms with Crippen molar-refractivity contribution in [2.45, 2.75) is 45.1 Å². The summed E-state index contributed by atoms with van der Waals surface area (Å²) in [6.07, 6.45) is 7.06. The van der Waals surface area contributed by atoms with Gasteiger partial charge in [0.1, 0.15) is 0 Å². The zero-order valence-electron chi connectivity index (χ0n) is 13.8. The molecule has 3 heterocycles. The van der Waals surface area contributed by atoms with E-state index in [9.17, 15) is 0 Å². The third-order valence-corrected chi connectivity index (χ3v) is 5.56. The highest BCUT2D eigenvalue weighted by Gasteiger charge is 2.32. The molecule has 4 heteroatoms. The number of hydrogen-bond acceptors (Lipinski definition) is 4. The number of rotatable bonds is 6. The Balaban J connectivity index is 1.29. The minimum atomic E-state index is 0.503. The normalized spacial score (nSPS) is 33.0. The second-order valence-electron chi connectivity index (χ2n) is 7.63. The molecule has 0 spiro atoms. The molecule has 3 fully saturated rings. The van der Waals surface area contributed by atoms with Gasteiger partial charge >= 0.3 is 0 Å². The molecule has 0 saturated carbocycles. The van der Waals surface area contributed by atoms with Gasteiger partial charge in [0.15, 0.2) is 0 Å². The van der Waals surface area contributed by atoms with Gasteiger partial charge in [-0.25, -0.2) is 0 Å². The van der Waals surface area contributed by atoms with Gasteiger partial charge in [-0.3, -0.25) is 0 Å². The largest absolute Gasteiger partial charge is 0.377 e. The fourth-order valence-electron chi connectivity index (χ4n) is 4.13. The number of likely N-dealkylation sites (tertiary alicyclic amines) is 2. The third kappa shape index (κ3) is 4.65. The van der Waals surface area contributed by atoms with Crippen molar-refractivity contribution in [1.29, 1.82) is 0 Å². The number of ether oxygens (including phenoxy) is 1. The lowest BCUT2D eigenvalue weighted by atomic mass is 9.88. The minimum Gasteiger partial charge on any atom is -0.377 e. The maximum Gasteiger partial charge on any atom is 0.0600 e. The SMILES string of the molecule is CC1(CN2CCC(OCCN3CCCC3)CC2)CCNC1. The second kappa shape index (κ2) is 7.40. The molecule has 1 N–H and O–H groups in total. The van der Waals surface area contributed by atoms with Crippen LogP contribution in [0.2, 0.25) is 0 Å². The Bertz CT molecular complexity index is 303. The molecular weight excluding hydrogens is 262 g/mol. The highest BCUT2D eigenvalue weighted by molar-refractivity contribution is 4.88. The van der Waals surface area contributed by atoms with Gasteiger partial charge in [0.2, 0.25) is 0 Å². The minimum absolute atomic E-state index is 0.503. The van der Waals surface area contributed by atoms with Crippen LogP contribution < -0.4 is 5.32 Å². The maximum atomic E-state index is 6.11. The molecule has 4 nitrogen and oxygen atoms in total. The first-order chi connectivity index (χ1) is 10.2. The Hall–Kier alpha value is -0.160. The van der Waals surface area contributed by atoms with Gasteiger partial charge in [0.25, 0.3) is 0 Å². The van der Waals surface area contributed by atoms with E-state index in [4.69, 9.17) is 4.74 Å². The number of nitrogens with one attached hydrogen (secondary N) is 1. The molecule has 0 aromatic rings. The predicted molar refractivity (Wildman–Crippen MR) is 86.7 cm³/mol.